The summed E-state index contributed by atoms with van der Waals surface area (Å²) in [6, 6.07) is 11.3. The number of carbonyl (C=O) groups excluding carboxylic acids is 2. The predicted octanol–water partition coefficient (Wildman–Crippen LogP) is 3.09. The Bertz CT molecular complexity index is 1040. The molecular formula is C22H26N6O4. The minimum absolute atomic E-state index is 0.0256. The lowest BCUT2D eigenvalue weighted by Crippen LogP contribution is -2.45. The highest BCUT2D eigenvalue weighted by molar-refractivity contribution is 5.93. The molecule has 1 aliphatic rings. The topological polar surface area (TPSA) is 124 Å². The Hall–Kier alpha value is -3.69. The molecule has 3 aromatic rings. The average Bonchev–Trinajstić information content (AvgIpc) is 3.45. The summed E-state index contributed by atoms with van der Waals surface area (Å²) in [5, 5.41) is 17.7. The molecule has 2 N–H and O–H groups in total. The molecular weight excluding hydrogens is 412 g/mol. The zero-order valence-corrected chi connectivity index (χ0v) is 17.9. The summed E-state index contributed by atoms with van der Waals surface area (Å²) in [5.41, 5.74) is 1.70. The highest BCUT2D eigenvalue weighted by atomic mass is 16.5. The van der Waals surface area contributed by atoms with Crippen molar-refractivity contribution in [1.29, 1.82) is 0 Å². The van der Waals surface area contributed by atoms with Gasteiger partial charge in [0.25, 0.3) is 5.91 Å². The summed E-state index contributed by atoms with van der Waals surface area (Å²) in [6.45, 7) is 2.72. The normalized spacial score (nSPS) is 17.4. The van der Waals surface area contributed by atoms with Crippen LogP contribution in [0.15, 0.2) is 47.1 Å². The molecule has 10 nitrogen and oxygen atoms in total. The molecule has 0 spiro atoms. The number of nitrogens with one attached hydrogen (secondary N) is 2. The number of aromatic nitrogens is 4. The molecule has 4 rings (SSSR count). The lowest BCUT2D eigenvalue weighted by Gasteiger charge is -2.35. The molecule has 10 heteroatoms. The number of hydrogen-bond donors (Lipinski definition) is 2. The van der Waals surface area contributed by atoms with Crippen molar-refractivity contribution in [2.45, 2.75) is 51.3 Å². The Labute approximate surface area is 185 Å². The van der Waals surface area contributed by atoms with Gasteiger partial charge in [0.2, 0.25) is 0 Å². The summed E-state index contributed by atoms with van der Waals surface area (Å²) in [4.78, 5) is 24.1. The molecule has 1 fully saturated rings. The van der Waals surface area contributed by atoms with Crippen LogP contribution in [0.4, 0.5) is 4.79 Å². The van der Waals surface area contributed by atoms with Crippen molar-refractivity contribution in [3.63, 3.8) is 0 Å². The first-order valence-electron chi connectivity index (χ1n) is 10.8. The molecule has 2 heterocycles. The molecule has 0 atom stereocenters. The molecule has 1 aromatic carbocycles. The van der Waals surface area contributed by atoms with Crippen LogP contribution < -0.4 is 10.6 Å². The largest absolute Gasteiger partial charge is 0.443 e. The van der Waals surface area contributed by atoms with Crippen molar-refractivity contribution in [3.8, 4) is 11.3 Å². The van der Waals surface area contributed by atoms with Gasteiger partial charge in [-0.05, 0) is 19.3 Å². The molecule has 0 saturated heterocycles. The van der Waals surface area contributed by atoms with Gasteiger partial charge in [-0.1, -0.05) is 54.0 Å². The highest BCUT2D eigenvalue weighted by Gasteiger charge is 2.33. The van der Waals surface area contributed by atoms with Crippen LogP contribution in [0, 0.1) is 0 Å². The van der Waals surface area contributed by atoms with Gasteiger partial charge in [0, 0.05) is 24.2 Å². The van der Waals surface area contributed by atoms with Crippen LogP contribution in [0.5, 0.6) is 0 Å². The van der Waals surface area contributed by atoms with Crippen molar-refractivity contribution in [2.75, 3.05) is 6.54 Å². The summed E-state index contributed by atoms with van der Waals surface area (Å²) in [7, 11) is 0. The zero-order valence-electron chi connectivity index (χ0n) is 17.9. The van der Waals surface area contributed by atoms with Crippen molar-refractivity contribution in [2.24, 2.45) is 0 Å². The van der Waals surface area contributed by atoms with E-state index in [2.05, 4.69) is 33.0 Å². The van der Waals surface area contributed by atoms with Crippen molar-refractivity contribution >= 4 is 12.0 Å². The van der Waals surface area contributed by atoms with Crippen molar-refractivity contribution in [3.05, 3.63) is 54.0 Å². The molecule has 32 heavy (non-hydrogen) atoms. The molecule has 2 aromatic heterocycles. The first kappa shape index (κ1) is 21.5. The number of ether oxygens (including phenoxy) is 1. The number of benzene rings is 1. The Kier molecular flexibility index (Phi) is 6.78. The quantitative estimate of drug-likeness (QED) is 0.492. The molecule has 1 saturated carbocycles. The van der Waals surface area contributed by atoms with Crippen molar-refractivity contribution in [1.82, 2.24) is 30.8 Å². The van der Waals surface area contributed by atoms with E-state index in [-0.39, 0.29) is 30.3 Å². The summed E-state index contributed by atoms with van der Waals surface area (Å²) >= 11 is 0. The smallest absolute Gasteiger partial charge is 0.407 e. The van der Waals surface area contributed by atoms with Gasteiger partial charge >= 0.3 is 6.09 Å². The van der Waals surface area contributed by atoms with E-state index in [0.29, 0.717) is 18.0 Å². The first-order chi connectivity index (χ1) is 15.6. The van der Waals surface area contributed by atoms with E-state index in [4.69, 9.17) is 9.26 Å². The number of amides is 2. The fourth-order valence-electron chi connectivity index (χ4n) is 3.42. The van der Waals surface area contributed by atoms with E-state index in [9.17, 15) is 9.59 Å². The van der Waals surface area contributed by atoms with Gasteiger partial charge in [0.1, 0.15) is 12.3 Å². The Morgan fingerprint density at radius 2 is 2.06 bits per heavy atom. The summed E-state index contributed by atoms with van der Waals surface area (Å²) in [5.74, 6) is 0.291. The maximum absolute atomic E-state index is 12.5. The van der Waals surface area contributed by atoms with Gasteiger partial charge in [0.05, 0.1) is 12.2 Å². The maximum Gasteiger partial charge on any atom is 0.407 e. The van der Waals surface area contributed by atoms with E-state index in [1.54, 1.807) is 16.9 Å². The molecule has 168 valence electrons. The van der Waals surface area contributed by atoms with Gasteiger partial charge in [-0.25, -0.2) is 9.48 Å². The first-order valence-corrected chi connectivity index (χ1v) is 10.8. The number of carbonyl (C=O) groups is 2. The minimum atomic E-state index is -0.456. The van der Waals surface area contributed by atoms with Crippen LogP contribution in [0.25, 0.3) is 11.3 Å². The second-order valence-electron chi connectivity index (χ2n) is 7.78. The number of rotatable bonds is 9. The fourth-order valence-corrected chi connectivity index (χ4v) is 3.42. The summed E-state index contributed by atoms with van der Waals surface area (Å²) in [6.07, 6.45) is 4.70. The average molecular weight is 438 g/mol. The lowest BCUT2D eigenvalue weighted by atomic mass is 9.87. The number of hydrogen-bond acceptors (Lipinski definition) is 7. The number of nitrogens with zero attached hydrogens (tertiary/aromatic N) is 4. The van der Waals surface area contributed by atoms with E-state index in [1.165, 1.54) is 0 Å². The molecule has 1 aliphatic carbocycles. The third-order valence-corrected chi connectivity index (χ3v) is 5.33. The molecule has 0 aliphatic heterocycles. The Balaban J connectivity index is 1.21. The predicted molar refractivity (Wildman–Crippen MR) is 115 cm³/mol. The van der Waals surface area contributed by atoms with E-state index < -0.39 is 6.09 Å². The van der Waals surface area contributed by atoms with Gasteiger partial charge in [-0.15, -0.1) is 5.10 Å². The van der Waals surface area contributed by atoms with Gasteiger partial charge in [-0.2, -0.15) is 0 Å². The minimum Gasteiger partial charge on any atom is -0.443 e. The second-order valence-corrected chi connectivity index (χ2v) is 7.78. The maximum atomic E-state index is 12.5. The van der Waals surface area contributed by atoms with Crippen LogP contribution in [0.1, 0.15) is 54.8 Å². The lowest BCUT2D eigenvalue weighted by molar-refractivity contribution is 0.0878. The van der Waals surface area contributed by atoms with Crippen LogP contribution >= 0.6 is 0 Å². The SMILES string of the molecule is CCCCNC(=O)OCc1cn([C@H]2C[C@H](NC(=O)c3cc(-c4ccccc4)on3)C2)nn1. The third kappa shape index (κ3) is 5.32. The van der Waals surface area contributed by atoms with Gasteiger partial charge in [0.15, 0.2) is 11.5 Å². The van der Waals surface area contributed by atoms with E-state index in [0.717, 1.165) is 31.2 Å². The van der Waals surface area contributed by atoms with Gasteiger partial charge < -0.3 is 19.9 Å². The number of alkyl carbamates (subject to hydrolysis) is 1. The standard InChI is InChI=1S/C22H26N6O4/c1-2-3-9-23-22(30)31-14-17-13-28(27-25-17)18-10-16(11-18)24-21(29)19-12-20(32-26-19)15-7-5-4-6-8-15/h4-8,12-13,16,18H,2-3,9-11,14H2,1H3,(H,23,30)(H,24,29)/t16-,18-. The van der Waals surface area contributed by atoms with Crippen LogP contribution in [-0.2, 0) is 11.3 Å². The Morgan fingerprint density at radius 1 is 1.25 bits per heavy atom. The molecule has 2 amide bonds. The highest BCUT2D eigenvalue weighted by Crippen LogP contribution is 2.32. The fraction of sp³-hybridized carbons (Fsp3) is 0.409. The monoisotopic (exact) mass is 438 g/mol. The Morgan fingerprint density at radius 3 is 2.84 bits per heavy atom. The summed E-state index contributed by atoms with van der Waals surface area (Å²) < 4.78 is 12.2. The molecule has 0 radical (unpaired) electrons. The molecule has 0 unspecified atom stereocenters. The molecule has 0 bridgehead atoms. The van der Waals surface area contributed by atoms with Gasteiger partial charge in [-0.3, -0.25) is 4.79 Å². The second kappa shape index (κ2) is 10.1. The number of unbranched alkanes of at least 4 members (excludes halogenated alkanes) is 1. The van der Waals surface area contributed by atoms with Crippen LogP contribution in [0.2, 0.25) is 0 Å². The van der Waals surface area contributed by atoms with Crippen molar-refractivity contribution < 1.29 is 18.8 Å². The third-order valence-electron chi connectivity index (χ3n) is 5.33. The van der Waals surface area contributed by atoms with Crippen LogP contribution in [0.3, 0.4) is 0 Å². The van der Waals surface area contributed by atoms with Crippen LogP contribution in [-0.4, -0.2) is 44.7 Å². The zero-order chi connectivity index (χ0) is 22.3. The van der Waals surface area contributed by atoms with E-state index in [1.807, 2.05) is 30.3 Å². The van der Waals surface area contributed by atoms with E-state index >= 15 is 0 Å².